The summed E-state index contributed by atoms with van der Waals surface area (Å²) in [5, 5.41) is 3.18. The molecule has 0 saturated carbocycles. The minimum absolute atomic E-state index is 0.255. The minimum Gasteiger partial charge on any atom is -0.465 e. The number of ether oxygens (including phenoxy) is 2. The molecule has 3 rings (SSSR count). The second-order valence-corrected chi connectivity index (χ2v) is 10.2. The number of carbonyl (C=O) groups excluding carboxylic acids is 3. The Balaban J connectivity index is 1.78. The topological polar surface area (TPSA) is 84.9 Å². The van der Waals surface area contributed by atoms with Crippen molar-refractivity contribution in [3.05, 3.63) is 71.3 Å². The van der Waals surface area contributed by atoms with E-state index in [9.17, 15) is 14.4 Å². The first-order valence-electron chi connectivity index (χ1n) is 12.7. The number of benzene rings is 2. The van der Waals surface area contributed by atoms with Crippen molar-refractivity contribution in [2.24, 2.45) is 0 Å². The highest BCUT2D eigenvalue weighted by molar-refractivity contribution is 5.89. The lowest BCUT2D eigenvalue weighted by atomic mass is 9.93. The Morgan fingerprint density at radius 3 is 2.31 bits per heavy atom. The summed E-state index contributed by atoms with van der Waals surface area (Å²) < 4.78 is 10.9. The number of amides is 1. The number of hydrogen-bond acceptors (Lipinski definition) is 6. The Kier molecular flexibility index (Phi) is 9.26. The highest BCUT2D eigenvalue weighted by Crippen LogP contribution is 2.26. The lowest BCUT2D eigenvalue weighted by molar-refractivity contribution is -0.166. The molecule has 3 atom stereocenters. The van der Waals surface area contributed by atoms with Crippen molar-refractivity contribution in [3.63, 3.8) is 0 Å². The fourth-order valence-corrected chi connectivity index (χ4v) is 4.42. The molecule has 0 fully saturated rings. The van der Waals surface area contributed by atoms with Crippen molar-refractivity contribution in [2.45, 2.75) is 84.2 Å². The van der Waals surface area contributed by atoms with Gasteiger partial charge in [0.1, 0.15) is 17.7 Å². The van der Waals surface area contributed by atoms with Crippen LogP contribution in [0.5, 0.6) is 0 Å². The van der Waals surface area contributed by atoms with Gasteiger partial charge >= 0.3 is 11.9 Å². The molecule has 1 amide bonds. The maximum absolute atomic E-state index is 13.7. The van der Waals surface area contributed by atoms with Gasteiger partial charge in [0.2, 0.25) is 5.91 Å². The lowest BCUT2D eigenvalue weighted by Gasteiger charge is -2.38. The highest BCUT2D eigenvalue weighted by atomic mass is 16.6. The van der Waals surface area contributed by atoms with E-state index in [0.29, 0.717) is 25.8 Å². The lowest BCUT2D eigenvalue weighted by Crippen LogP contribution is -2.57. The van der Waals surface area contributed by atoms with Crippen LogP contribution >= 0.6 is 0 Å². The fraction of sp³-hybridized carbons (Fsp3) is 0.483. The largest absolute Gasteiger partial charge is 0.465 e. The molecule has 0 aliphatic carbocycles. The molecule has 1 aliphatic heterocycles. The second-order valence-electron chi connectivity index (χ2n) is 10.2. The number of hydrogen-bond donors (Lipinski definition) is 1. The molecule has 1 unspecified atom stereocenters. The highest BCUT2D eigenvalue weighted by Gasteiger charge is 2.39. The zero-order valence-electron chi connectivity index (χ0n) is 22.0. The Morgan fingerprint density at radius 2 is 1.67 bits per heavy atom. The third-order valence-electron chi connectivity index (χ3n) is 6.17. The van der Waals surface area contributed by atoms with Crippen LogP contribution in [-0.4, -0.2) is 53.1 Å². The van der Waals surface area contributed by atoms with Crippen LogP contribution in [0.3, 0.4) is 0 Å². The quantitative estimate of drug-likeness (QED) is 0.534. The van der Waals surface area contributed by atoms with E-state index >= 15 is 0 Å². The van der Waals surface area contributed by atoms with E-state index in [1.807, 2.05) is 75.4 Å². The van der Waals surface area contributed by atoms with Gasteiger partial charge < -0.3 is 14.4 Å². The monoisotopic (exact) mass is 494 g/mol. The van der Waals surface area contributed by atoms with Crippen molar-refractivity contribution in [1.82, 2.24) is 10.2 Å². The van der Waals surface area contributed by atoms with Crippen molar-refractivity contribution in [1.29, 1.82) is 0 Å². The van der Waals surface area contributed by atoms with Crippen molar-refractivity contribution in [2.75, 3.05) is 6.61 Å². The number of aryl methyl sites for hydroxylation is 1. The number of fused-ring (bicyclic) bond motifs is 1. The fourth-order valence-electron chi connectivity index (χ4n) is 4.42. The zero-order valence-corrected chi connectivity index (χ0v) is 22.0. The summed E-state index contributed by atoms with van der Waals surface area (Å²) in [5.41, 5.74) is 2.47. The Bertz CT molecular complexity index is 1050. The maximum atomic E-state index is 13.7. The number of nitrogens with zero attached hydrogens (tertiary/aromatic N) is 1. The summed E-state index contributed by atoms with van der Waals surface area (Å²) in [5.74, 6) is -1.07. The summed E-state index contributed by atoms with van der Waals surface area (Å²) in [4.78, 5) is 41.1. The van der Waals surface area contributed by atoms with E-state index in [-0.39, 0.29) is 18.5 Å². The van der Waals surface area contributed by atoms with E-state index in [1.54, 1.807) is 18.7 Å². The van der Waals surface area contributed by atoms with Gasteiger partial charge in [0.25, 0.3) is 0 Å². The van der Waals surface area contributed by atoms with E-state index in [2.05, 4.69) is 5.32 Å². The molecule has 7 heteroatoms. The first-order chi connectivity index (χ1) is 17.1. The van der Waals surface area contributed by atoms with Crippen LogP contribution in [0.4, 0.5) is 0 Å². The van der Waals surface area contributed by atoms with Crippen molar-refractivity contribution in [3.8, 4) is 0 Å². The van der Waals surface area contributed by atoms with E-state index < -0.39 is 29.7 Å². The molecule has 7 nitrogen and oxygen atoms in total. The number of esters is 2. The molecule has 2 aromatic rings. The molecule has 194 valence electrons. The van der Waals surface area contributed by atoms with Crippen molar-refractivity contribution < 1.29 is 23.9 Å². The molecule has 36 heavy (non-hydrogen) atoms. The van der Waals surface area contributed by atoms with Gasteiger partial charge in [-0.15, -0.1) is 0 Å². The molecule has 2 aromatic carbocycles. The summed E-state index contributed by atoms with van der Waals surface area (Å²) >= 11 is 0. The standard InChI is InChI=1S/C29H38N2O5/c1-6-35-27(33)24(17-16-21-12-8-7-9-13-21)30-20(2)26(32)31-19-23-15-11-10-14-22(23)18-25(31)28(34)36-29(3,4)5/h7-15,20,24-25,30H,6,16-19H2,1-5H3/t20-,24?,25-/m0/s1. The van der Waals surface area contributed by atoms with Crippen molar-refractivity contribution >= 4 is 17.8 Å². The van der Waals surface area contributed by atoms with Gasteiger partial charge in [0, 0.05) is 13.0 Å². The van der Waals surface area contributed by atoms with Crippen LogP contribution in [0.15, 0.2) is 54.6 Å². The summed E-state index contributed by atoms with van der Waals surface area (Å²) in [6.45, 7) is 9.49. The van der Waals surface area contributed by atoms with Crippen LogP contribution in [0.25, 0.3) is 0 Å². The van der Waals surface area contributed by atoms with Gasteiger partial charge in [-0.25, -0.2) is 4.79 Å². The summed E-state index contributed by atoms with van der Waals surface area (Å²) in [7, 11) is 0. The molecular formula is C29H38N2O5. The van der Waals surface area contributed by atoms with Crippen LogP contribution in [0, 0.1) is 0 Å². The van der Waals surface area contributed by atoms with Gasteiger partial charge in [0.05, 0.1) is 12.6 Å². The second kappa shape index (κ2) is 12.2. The predicted molar refractivity (Wildman–Crippen MR) is 138 cm³/mol. The van der Waals surface area contributed by atoms with Crippen LogP contribution < -0.4 is 5.32 Å². The zero-order chi connectivity index (χ0) is 26.3. The maximum Gasteiger partial charge on any atom is 0.329 e. The number of nitrogens with one attached hydrogen (secondary N) is 1. The predicted octanol–water partition coefficient (Wildman–Crippen LogP) is 3.82. The number of carbonyl (C=O) groups is 3. The smallest absolute Gasteiger partial charge is 0.329 e. The normalized spacial score (nSPS) is 17.0. The third kappa shape index (κ3) is 7.40. The van der Waals surface area contributed by atoms with Gasteiger partial charge in [-0.2, -0.15) is 0 Å². The molecular weight excluding hydrogens is 456 g/mol. The molecule has 0 spiro atoms. The van der Waals surface area contributed by atoms with Gasteiger partial charge in [-0.05, 0) is 64.2 Å². The molecule has 0 aromatic heterocycles. The summed E-state index contributed by atoms with van der Waals surface area (Å²) in [6, 6.07) is 15.6. The molecule has 1 N–H and O–H groups in total. The average molecular weight is 495 g/mol. The molecule has 0 radical (unpaired) electrons. The van der Waals surface area contributed by atoms with E-state index in [4.69, 9.17) is 9.47 Å². The molecule has 0 bridgehead atoms. The van der Waals surface area contributed by atoms with Gasteiger partial charge in [0.15, 0.2) is 0 Å². The van der Waals surface area contributed by atoms with Crippen LogP contribution in [-0.2, 0) is 43.2 Å². The van der Waals surface area contributed by atoms with Gasteiger partial charge in [-0.3, -0.25) is 14.9 Å². The van der Waals surface area contributed by atoms with Crippen LogP contribution in [0.2, 0.25) is 0 Å². The summed E-state index contributed by atoms with van der Waals surface area (Å²) in [6.07, 6.45) is 1.54. The van der Waals surface area contributed by atoms with E-state index in [1.165, 1.54) is 0 Å². The molecule has 0 saturated heterocycles. The number of rotatable bonds is 9. The molecule has 1 heterocycles. The first kappa shape index (κ1) is 27.4. The average Bonchev–Trinajstić information content (AvgIpc) is 2.84. The third-order valence-corrected chi connectivity index (χ3v) is 6.17. The minimum atomic E-state index is -0.735. The first-order valence-corrected chi connectivity index (χ1v) is 12.7. The van der Waals surface area contributed by atoms with Crippen LogP contribution in [0.1, 0.15) is 57.7 Å². The van der Waals surface area contributed by atoms with E-state index in [0.717, 1.165) is 16.7 Å². The Labute approximate surface area is 214 Å². The Morgan fingerprint density at radius 1 is 1.03 bits per heavy atom. The molecule has 1 aliphatic rings. The van der Waals surface area contributed by atoms with Gasteiger partial charge in [-0.1, -0.05) is 54.6 Å². The Hall–Kier alpha value is -3.19. The SMILES string of the molecule is CCOC(=O)C(CCc1ccccc1)N[C@@H](C)C(=O)N1Cc2ccccc2C[C@H]1C(=O)OC(C)(C)C.